The van der Waals surface area contributed by atoms with Gasteiger partial charge in [-0.1, -0.05) is 12.1 Å². The van der Waals surface area contributed by atoms with Gasteiger partial charge in [0.2, 0.25) is 0 Å². The molecule has 0 spiro atoms. The molecule has 0 unspecified atom stereocenters. The molecule has 1 heterocycles. The summed E-state index contributed by atoms with van der Waals surface area (Å²) in [4.78, 5) is 35.6. The number of nitrogens with zero attached hydrogens (tertiary/aromatic N) is 1. The Morgan fingerprint density at radius 1 is 1.03 bits per heavy atom. The van der Waals surface area contributed by atoms with Crippen molar-refractivity contribution >= 4 is 45.2 Å². The van der Waals surface area contributed by atoms with E-state index in [1.165, 1.54) is 36.6 Å². The van der Waals surface area contributed by atoms with Gasteiger partial charge in [-0.2, -0.15) is 0 Å². The number of benzene rings is 2. The van der Waals surface area contributed by atoms with Crippen LogP contribution < -0.4 is 10.6 Å². The molecule has 8 nitrogen and oxygen atoms in total. The third-order valence-electron chi connectivity index (χ3n) is 3.78. The van der Waals surface area contributed by atoms with E-state index < -0.39 is 16.7 Å². The van der Waals surface area contributed by atoms with Crippen molar-refractivity contribution in [1.82, 2.24) is 5.32 Å². The van der Waals surface area contributed by atoms with Crippen LogP contribution in [0.1, 0.15) is 16.1 Å². The smallest absolute Gasteiger partial charge is 0.272 e. The summed E-state index contributed by atoms with van der Waals surface area (Å²) in [6.07, 6.45) is 2.82. The molecule has 9 heteroatoms. The Hall–Kier alpha value is -3.72. The van der Waals surface area contributed by atoms with Crippen LogP contribution >= 0.6 is 15.9 Å². The Morgan fingerprint density at radius 3 is 2.38 bits per heavy atom. The van der Waals surface area contributed by atoms with Crippen molar-refractivity contribution in [1.29, 1.82) is 0 Å². The molecule has 2 amide bonds. The zero-order valence-corrected chi connectivity index (χ0v) is 16.4. The van der Waals surface area contributed by atoms with Crippen molar-refractivity contribution in [2.24, 2.45) is 0 Å². The van der Waals surface area contributed by atoms with Crippen molar-refractivity contribution in [3.8, 4) is 0 Å². The van der Waals surface area contributed by atoms with Gasteiger partial charge in [0, 0.05) is 28.4 Å². The molecule has 0 aliphatic heterocycles. The van der Waals surface area contributed by atoms with E-state index in [-0.39, 0.29) is 11.4 Å². The highest BCUT2D eigenvalue weighted by atomic mass is 79.9. The number of non-ortho nitro benzene ring substituents is 1. The predicted octanol–water partition coefficient (Wildman–Crippen LogP) is 4.36. The molecule has 0 fully saturated rings. The summed E-state index contributed by atoms with van der Waals surface area (Å²) in [5.41, 5.74) is 0.526. The number of halogens is 1. The monoisotopic (exact) mass is 455 g/mol. The Labute approximate surface area is 173 Å². The molecule has 0 aliphatic carbocycles. The zero-order valence-electron chi connectivity index (χ0n) is 14.8. The summed E-state index contributed by atoms with van der Waals surface area (Å²) < 4.78 is 5.80. The number of carbonyl (C=O) groups is 2. The molecule has 146 valence electrons. The Morgan fingerprint density at radius 2 is 1.76 bits per heavy atom. The fraction of sp³-hybridized carbons (Fsp3) is 0. The second-order valence-electron chi connectivity index (χ2n) is 5.77. The molecule has 2 N–H and O–H groups in total. The van der Waals surface area contributed by atoms with E-state index in [1.807, 2.05) is 0 Å². The number of nitro benzene ring substituents is 1. The molecule has 0 aliphatic rings. The number of nitro groups is 1. The van der Waals surface area contributed by atoms with Crippen LogP contribution in [0.3, 0.4) is 0 Å². The SMILES string of the molecule is O=C(Nc1ccc([N+](=O)[O-])cc1)/C(=C\c1ccco1)NC(=O)c1ccccc1Br. The molecule has 29 heavy (non-hydrogen) atoms. The molecule has 0 atom stereocenters. The molecule has 3 rings (SSSR count). The van der Waals surface area contributed by atoms with E-state index in [9.17, 15) is 19.7 Å². The number of furan rings is 1. The third kappa shape index (κ3) is 5.17. The second-order valence-corrected chi connectivity index (χ2v) is 6.62. The van der Waals surface area contributed by atoms with E-state index in [0.717, 1.165) is 0 Å². The van der Waals surface area contributed by atoms with Crippen LogP contribution in [0.4, 0.5) is 11.4 Å². The van der Waals surface area contributed by atoms with Crippen LogP contribution in [0.5, 0.6) is 0 Å². The van der Waals surface area contributed by atoms with Gasteiger partial charge in [0.25, 0.3) is 17.5 Å². The minimum Gasteiger partial charge on any atom is -0.465 e. The molecule has 1 aromatic heterocycles. The lowest BCUT2D eigenvalue weighted by Gasteiger charge is -2.11. The van der Waals surface area contributed by atoms with Crippen molar-refractivity contribution in [2.75, 3.05) is 5.32 Å². The van der Waals surface area contributed by atoms with Gasteiger partial charge in [-0.15, -0.1) is 0 Å². The largest absolute Gasteiger partial charge is 0.465 e. The van der Waals surface area contributed by atoms with E-state index in [2.05, 4.69) is 26.6 Å². The first-order valence-electron chi connectivity index (χ1n) is 8.31. The van der Waals surface area contributed by atoms with Crippen LogP contribution in [0.25, 0.3) is 6.08 Å². The maximum atomic E-state index is 12.7. The molecule has 0 bridgehead atoms. The van der Waals surface area contributed by atoms with Gasteiger partial charge in [-0.3, -0.25) is 19.7 Å². The fourth-order valence-corrected chi connectivity index (χ4v) is 2.84. The number of carbonyl (C=O) groups excluding carboxylic acids is 2. The number of nitrogens with one attached hydrogen (secondary N) is 2. The van der Waals surface area contributed by atoms with Crippen LogP contribution in [-0.4, -0.2) is 16.7 Å². The van der Waals surface area contributed by atoms with Gasteiger partial charge in [0.05, 0.1) is 16.7 Å². The third-order valence-corrected chi connectivity index (χ3v) is 4.47. The lowest BCUT2D eigenvalue weighted by Crippen LogP contribution is -2.30. The van der Waals surface area contributed by atoms with Gasteiger partial charge >= 0.3 is 0 Å². The summed E-state index contributed by atoms with van der Waals surface area (Å²) in [7, 11) is 0. The first kappa shape index (κ1) is 20.0. The topological polar surface area (TPSA) is 114 Å². The molecular formula is C20H14BrN3O5. The van der Waals surface area contributed by atoms with Crippen molar-refractivity contribution in [2.45, 2.75) is 0 Å². The normalized spacial score (nSPS) is 11.0. The Bertz CT molecular complexity index is 1080. The lowest BCUT2D eigenvalue weighted by molar-refractivity contribution is -0.384. The average molecular weight is 456 g/mol. The molecule has 0 radical (unpaired) electrons. The molecule has 2 aromatic carbocycles. The predicted molar refractivity (Wildman–Crippen MR) is 110 cm³/mol. The highest BCUT2D eigenvalue weighted by Gasteiger charge is 2.17. The second kappa shape index (κ2) is 8.98. The summed E-state index contributed by atoms with van der Waals surface area (Å²) in [5.74, 6) is -0.740. The minimum absolute atomic E-state index is 0.0564. The summed E-state index contributed by atoms with van der Waals surface area (Å²) >= 11 is 3.30. The Balaban J connectivity index is 1.83. The van der Waals surface area contributed by atoms with Gasteiger partial charge in [0.15, 0.2) is 0 Å². The summed E-state index contributed by atoms with van der Waals surface area (Å²) in [6, 6.07) is 15.4. The molecular weight excluding hydrogens is 442 g/mol. The number of hydrogen-bond donors (Lipinski definition) is 2. The number of anilines is 1. The lowest BCUT2D eigenvalue weighted by atomic mass is 10.2. The molecule has 0 saturated heterocycles. The van der Waals surface area contributed by atoms with E-state index in [1.54, 1.807) is 36.4 Å². The van der Waals surface area contributed by atoms with Gasteiger partial charge in [-0.05, 0) is 52.3 Å². The van der Waals surface area contributed by atoms with Gasteiger partial charge in [-0.25, -0.2) is 0 Å². The van der Waals surface area contributed by atoms with Crippen molar-refractivity contribution in [3.63, 3.8) is 0 Å². The van der Waals surface area contributed by atoms with Crippen LogP contribution in [0.2, 0.25) is 0 Å². The van der Waals surface area contributed by atoms with E-state index in [4.69, 9.17) is 4.42 Å². The maximum absolute atomic E-state index is 12.7. The first-order chi connectivity index (χ1) is 13.9. The Kier molecular flexibility index (Phi) is 6.20. The quantitative estimate of drug-likeness (QED) is 0.325. The number of rotatable bonds is 6. The average Bonchev–Trinajstić information content (AvgIpc) is 3.21. The standard InChI is InChI=1S/C20H14BrN3O5/c21-17-6-2-1-5-16(17)19(25)23-18(12-15-4-3-11-29-15)20(26)22-13-7-9-14(10-8-13)24(27)28/h1-12H,(H,22,26)(H,23,25)/b18-12+. The zero-order chi connectivity index (χ0) is 20.8. The fourth-order valence-electron chi connectivity index (χ4n) is 2.37. The molecule has 3 aromatic rings. The van der Waals surface area contributed by atoms with Crippen molar-refractivity contribution in [3.05, 3.63) is 98.5 Å². The summed E-state index contributed by atoms with van der Waals surface area (Å²) in [5, 5.41) is 15.9. The first-order valence-corrected chi connectivity index (χ1v) is 9.10. The number of amides is 2. The van der Waals surface area contributed by atoms with Crippen LogP contribution in [0.15, 0.2) is 81.5 Å². The van der Waals surface area contributed by atoms with Crippen LogP contribution in [0, 0.1) is 10.1 Å². The minimum atomic E-state index is -0.615. The van der Waals surface area contributed by atoms with Gasteiger partial charge < -0.3 is 15.1 Å². The summed E-state index contributed by atoms with van der Waals surface area (Å²) in [6.45, 7) is 0. The van der Waals surface area contributed by atoms with E-state index in [0.29, 0.717) is 21.5 Å². The van der Waals surface area contributed by atoms with Crippen molar-refractivity contribution < 1.29 is 18.9 Å². The number of hydrogen-bond acceptors (Lipinski definition) is 5. The van der Waals surface area contributed by atoms with Crippen LogP contribution in [-0.2, 0) is 4.79 Å². The van der Waals surface area contributed by atoms with Gasteiger partial charge in [0.1, 0.15) is 11.5 Å². The maximum Gasteiger partial charge on any atom is 0.272 e. The molecule has 0 saturated carbocycles. The highest BCUT2D eigenvalue weighted by Crippen LogP contribution is 2.18. The van der Waals surface area contributed by atoms with E-state index >= 15 is 0 Å². The highest BCUT2D eigenvalue weighted by molar-refractivity contribution is 9.10.